The van der Waals surface area contributed by atoms with Gasteiger partial charge in [0.05, 0.1) is 17.3 Å². The zero-order valence-electron chi connectivity index (χ0n) is 19.0. The molecule has 0 fully saturated rings. The highest BCUT2D eigenvalue weighted by atomic mass is 19.4. The molecule has 35 heavy (non-hydrogen) atoms. The van der Waals surface area contributed by atoms with Crippen molar-refractivity contribution in [1.29, 1.82) is 0 Å². The molecule has 0 spiro atoms. The van der Waals surface area contributed by atoms with Gasteiger partial charge in [-0.2, -0.15) is 18.3 Å². The van der Waals surface area contributed by atoms with Crippen LogP contribution in [0.2, 0.25) is 0 Å². The Hall–Kier alpha value is -4.20. The van der Waals surface area contributed by atoms with Gasteiger partial charge in [0.2, 0.25) is 5.43 Å². The normalized spacial score (nSPS) is 11.5. The Kier molecular flexibility index (Phi) is 6.55. The predicted octanol–water partition coefficient (Wildman–Crippen LogP) is 5.42. The minimum Gasteiger partial charge on any atom is -0.329 e. The summed E-state index contributed by atoms with van der Waals surface area (Å²) in [6, 6.07) is 24.0. The first-order chi connectivity index (χ1) is 16.7. The summed E-state index contributed by atoms with van der Waals surface area (Å²) in [4.78, 5) is 27.7. The number of alkyl halides is 3. The van der Waals surface area contributed by atoms with Crippen LogP contribution in [0.5, 0.6) is 0 Å². The Balaban J connectivity index is 1.82. The predicted molar refractivity (Wildman–Crippen MR) is 126 cm³/mol. The number of aromatic nitrogens is 2. The third-order valence-electron chi connectivity index (χ3n) is 5.69. The highest BCUT2D eigenvalue weighted by molar-refractivity contribution is 5.92. The summed E-state index contributed by atoms with van der Waals surface area (Å²) < 4.78 is 41.9. The number of amides is 1. The second-order valence-corrected chi connectivity index (χ2v) is 8.07. The molecule has 4 aromatic rings. The molecule has 8 heteroatoms. The summed E-state index contributed by atoms with van der Waals surface area (Å²) in [5.41, 5.74) is -0.524. The molecular formula is C27H22F3N3O2. The zero-order valence-corrected chi connectivity index (χ0v) is 19.0. The Morgan fingerprint density at radius 3 is 1.94 bits per heavy atom. The Labute approximate surface area is 200 Å². The van der Waals surface area contributed by atoms with E-state index in [1.165, 1.54) is 30.0 Å². The molecule has 0 radical (unpaired) electrons. The molecule has 1 aromatic heterocycles. The Morgan fingerprint density at radius 2 is 1.40 bits per heavy atom. The quantitative estimate of drug-likeness (QED) is 0.386. The monoisotopic (exact) mass is 477 g/mol. The molecule has 0 aliphatic carbocycles. The van der Waals surface area contributed by atoms with Gasteiger partial charge in [-0.05, 0) is 30.2 Å². The average molecular weight is 477 g/mol. The number of hydrogen-bond donors (Lipinski definition) is 0. The van der Waals surface area contributed by atoms with Crippen LogP contribution in [0.3, 0.4) is 0 Å². The molecule has 5 nitrogen and oxygen atoms in total. The van der Waals surface area contributed by atoms with Crippen molar-refractivity contribution in [2.24, 2.45) is 0 Å². The van der Waals surface area contributed by atoms with Crippen LogP contribution in [-0.4, -0.2) is 27.6 Å². The zero-order chi connectivity index (χ0) is 25.2. The number of aryl methyl sites for hydroxylation is 1. The van der Waals surface area contributed by atoms with Crippen molar-refractivity contribution < 1.29 is 18.0 Å². The molecule has 0 saturated heterocycles. The summed E-state index contributed by atoms with van der Waals surface area (Å²) in [6.07, 6.45) is -4.64. The van der Waals surface area contributed by atoms with Gasteiger partial charge < -0.3 is 4.90 Å². The largest absolute Gasteiger partial charge is 0.418 e. The van der Waals surface area contributed by atoms with Gasteiger partial charge >= 0.3 is 6.18 Å². The van der Waals surface area contributed by atoms with E-state index in [0.717, 1.165) is 27.9 Å². The number of rotatable bonds is 5. The van der Waals surface area contributed by atoms with Crippen molar-refractivity contribution >= 4 is 5.91 Å². The third-order valence-corrected chi connectivity index (χ3v) is 5.69. The maximum absolute atomic E-state index is 13.6. The number of para-hydroxylation sites is 1. The van der Waals surface area contributed by atoms with E-state index in [2.05, 4.69) is 5.10 Å². The molecular weight excluding hydrogens is 455 g/mol. The molecule has 0 N–H and O–H groups in total. The molecule has 1 heterocycles. The Morgan fingerprint density at radius 1 is 0.886 bits per heavy atom. The first-order valence-electron chi connectivity index (χ1n) is 10.8. The fourth-order valence-corrected chi connectivity index (χ4v) is 4.03. The van der Waals surface area contributed by atoms with Crippen molar-refractivity contribution in [1.82, 2.24) is 14.7 Å². The van der Waals surface area contributed by atoms with Gasteiger partial charge in [0.15, 0.2) is 5.69 Å². The van der Waals surface area contributed by atoms with Gasteiger partial charge in [-0.15, -0.1) is 0 Å². The molecule has 178 valence electrons. The van der Waals surface area contributed by atoms with E-state index in [-0.39, 0.29) is 11.4 Å². The number of halogens is 3. The number of nitrogens with zero attached hydrogens (tertiary/aromatic N) is 3. The standard InChI is InChI=1S/C27H22F3N3O2/c1-18-17-23(34)24(31-33(18)22-16-10-9-15-21(22)27(28,29)30)26(35)32(2)25(19-11-5-3-6-12-19)20-13-7-4-8-14-20/h3-17,25H,1-2H3. The highest BCUT2D eigenvalue weighted by Crippen LogP contribution is 2.34. The van der Waals surface area contributed by atoms with E-state index in [1.54, 1.807) is 7.05 Å². The number of benzene rings is 3. The maximum Gasteiger partial charge on any atom is 0.418 e. The van der Waals surface area contributed by atoms with Crippen molar-refractivity contribution in [2.45, 2.75) is 19.1 Å². The topological polar surface area (TPSA) is 55.2 Å². The van der Waals surface area contributed by atoms with Crippen LogP contribution in [0.15, 0.2) is 95.8 Å². The average Bonchev–Trinajstić information content (AvgIpc) is 2.85. The van der Waals surface area contributed by atoms with Crippen molar-refractivity contribution in [3.05, 3.63) is 129 Å². The molecule has 3 aromatic carbocycles. The molecule has 0 aliphatic rings. The third kappa shape index (κ3) is 4.87. The lowest BCUT2D eigenvalue weighted by atomic mass is 9.97. The molecule has 0 unspecified atom stereocenters. The van der Waals surface area contributed by atoms with Crippen LogP contribution < -0.4 is 5.43 Å². The second-order valence-electron chi connectivity index (χ2n) is 8.07. The number of hydrogen-bond acceptors (Lipinski definition) is 3. The fourth-order valence-electron chi connectivity index (χ4n) is 4.03. The van der Waals surface area contributed by atoms with Crippen molar-refractivity contribution in [2.75, 3.05) is 7.05 Å². The lowest BCUT2D eigenvalue weighted by Crippen LogP contribution is -2.37. The van der Waals surface area contributed by atoms with Crippen molar-refractivity contribution in [3.63, 3.8) is 0 Å². The van der Waals surface area contributed by atoms with E-state index in [1.807, 2.05) is 60.7 Å². The minimum atomic E-state index is -4.64. The molecule has 4 rings (SSSR count). The molecule has 1 amide bonds. The van der Waals surface area contributed by atoms with E-state index in [0.29, 0.717) is 0 Å². The van der Waals surface area contributed by atoms with Crippen LogP contribution in [0, 0.1) is 6.92 Å². The highest BCUT2D eigenvalue weighted by Gasteiger charge is 2.34. The molecule has 0 aliphatic heterocycles. The first-order valence-corrected chi connectivity index (χ1v) is 10.8. The smallest absolute Gasteiger partial charge is 0.329 e. The summed E-state index contributed by atoms with van der Waals surface area (Å²) in [7, 11) is 1.54. The van der Waals surface area contributed by atoms with Gasteiger partial charge in [-0.25, -0.2) is 4.68 Å². The van der Waals surface area contributed by atoms with Crippen LogP contribution in [0.1, 0.15) is 38.9 Å². The van der Waals surface area contributed by atoms with E-state index in [9.17, 15) is 22.8 Å². The van der Waals surface area contributed by atoms with Gasteiger partial charge in [0.1, 0.15) is 0 Å². The summed E-state index contributed by atoms with van der Waals surface area (Å²) >= 11 is 0. The van der Waals surface area contributed by atoms with Crippen LogP contribution >= 0.6 is 0 Å². The SMILES string of the molecule is Cc1cc(=O)c(C(=O)N(C)C(c2ccccc2)c2ccccc2)nn1-c1ccccc1C(F)(F)F. The van der Waals surface area contributed by atoms with Crippen LogP contribution in [0.4, 0.5) is 13.2 Å². The first kappa shape index (κ1) is 23.9. The summed E-state index contributed by atoms with van der Waals surface area (Å²) in [6.45, 7) is 1.47. The summed E-state index contributed by atoms with van der Waals surface area (Å²) in [5, 5.41) is 4.12. The van der Waals surface area contributed by atoms with Gasteiger partial charge in [-0.3, -0.25) is 9.59 Å². The number of carbonyl (C=O) groups excluding carboxylic acids is 1. The lowest BCUT2D eigenvalue weighted by molar-refractivity contribution is -0.137. The van der Waals surface area contributed by atoms with Crippen molar-refractivity contribution in [3.8, 4) is 5.69 Å². The van der Waals surface area contributed by atoms with E-state index < -0.39 is 34.8 Å². The van der Waals surface area contributed by atoms with Gasteiger partial charge in [0, 0.05) is 18.8 Å². The number of carbonyl (C=O) groups is 1. The summed E-state index contributed by atoms with van der Waals surface area (Å²) in [5.74, 6) is -0.703. The lowest BCUT2D eigenvalue weighted by Gasteiger charge is -2.29. The van der Waals surface area contributed by atoms with E-state index in [4.69, 9.17) is 0 Å². The van der Waals surface area contributed by atoms with Crippen LogP contribution in [0.25, 0.3) is 5.69 Å². The fraction of sp³-hybridized carbons (Fsp3) is 0.148. The van der Waals surface area contributed by atoms with Crippen LogP contribution in [-0.2, 0) is 6.18 Å². The van der Waals surface area contributed by atoms with Gasteiger partial charge in [0.25, 0.3) is 5.91 Å². The molecule has 0 saturated carbocycles. The minimum absolute atomic E-state index is 0.175. The van der Waals surface area contributed by atoms with E-state index >= 15 is 0 Å². The Bertz CT molecular complexity index is 1360. The van der Waals surface area contributed by atoms with Gasteiger partial charge in [-0.1, -0.05) is 72.8 Å². The second kappa shape index (κ2) is 9.58. The molecule has 0 bridgehead atoms. The molecule has 0 atom stereocenters. The maximum atomic E-state index is 13.6.